The third kappa shape index (κ3) is 3.87. The zero-order chi connectivity index (χ0) is 12.3. The zero-order valence-electron chi connectivity index (χ0n) is 8.41. The number of rotatable bonds is 3. The van der Waals surface area contributed by atoms with Crippen LogP contribution < -0.4 is 5.32 Å². The van der Waals surface area contributed by atoms with Crippen molar-refractivity contribution in [3.8, 4) is 0 Å². The topological polar surface area (TPSA) is 12.0 Å². The Kier molecular flexibility index (Phi) is 4.50. The summed E-state index contributed by atoms with van der Waals surface area (Å²) in [6.45, 7) is 2.29. The molecule has 0 bridgehead atoms. The number of anilines is 1. The fourth-order valence-corrected chi connectivity index (χ4v) is 1.68. The van der Waals surface area contributed by atoms with Crippen LogP contribution in [0.3, 0.4) is 0 Å². The predicted molar refractivity (Wildman–Crippen MR) is 62.9 cm³/mol. The second kappa shape index (κ2) is 5.27. The second-order valence-corrected chi connectivity index (χ2v) is 4.95. The lowest BCUT2D eigenvalue weighted by Crippen LogP contribution is -2.11. The van der Waals surface area contributed by atoms with E-state index in [1.807, 2.05) is 0 Å². The monoisotopic (exact) mass is 315 g/mol. The fourth-order valence-electron chi connectivity index (χ4n) is 1.09. The van der Waals surface area contributed by atoms with Crippen molar-refractivity contribution >= 4 is 33.2 Å². The molecular weight excluding hydrogens is 306 g/mol. The van der Waals surface area contributed by atoms with Crippen LogP contribution in [-0.2, 0) is 6.18 Å². The summed E-state index contributed by atoms with van der Waals surface area (Å²) in [4.78, 5) is 0. The Morgan fingerprint density at radius 1 is 1.44 bits per heavy atom. The number of nitrogens with one attached hydrogen (secondary N) is 1. The molecule has 16 heavy (non-hydrogen) atoms. The molecule has 1 rings (SSSR count). The number of hydrogen-bond acceptors (Lipinski definition) is 1. The van der Waals surface area contributed by atoms with E-state index in [1.54, 1.807) is 6.92 Å². The van der Waals surface area contributed by atoms with Crippen LogP contribution in [0.25, 0.3) is 0 Å². The molecule has 0 saturated carbocycles. The lowest BCUT2D eigenvalue weighted by molar-refractivity contribution is -0.137. The second-order valence-electron chi connectivity index (χ2n) is 3.35. The van der Waals surface area contributed by atoms with Crippen molar-refractivity contribution in [2.24, 2.45) is 0 Å². The quantitative estimate of drug-likeness (QED) is 0.809. The van der Waals surface area contributed by atoms with Gasteiger partial charge in [0.05, 0.1) is 5.56 Å². The van der Waals surface area contributed by atoms with E-state index in [4.69, 9.17) is 11.6 Å². The Morgan fingerprint density at radius 2 is 2.06 bits per heavy atom. The van der Waals surface area contributed by atoms with Gasteiger partial charge < -0.3 is 5.32 Å². The van der Waals surface area contributed by atoms with Crippen molar-refractivity contribution in [1.29, 1.82) is 0 Å². The number of halogens is 5. The minimum absolute atomic E-state index is 0.0887. The van der Waals surface area contributed by atoms with Gasteiger partial charge in [-0.1, -0.05) is 0 Å². The maximum atomic E-state index is 12.4. The molecule has 0 aliphatic rings. The average molecular weight is 317 g/mol. The summed E-state index contributed by atoms with van der Waals surface area (Å²) in [5, 5.41) is 2.86. The van der Waals surface area contributed by atoms with Crippen molar-refractivity contribution in [3.05, 3.63) is 28.2 Å². The Hall–Kier alpha value is -0.420. The van der Waals surface area contributed by atoms with Gasteiger partial charge in [0.2, 0.25) is 0 Å². The average Bonchev–Trinajstić information content (AvgIpc) is 2.14. The molecular formula is C10H10BrClF3N. The molecule has 1 aromatic rings. The summed E-state index contributed by atoms with van der Waals surface area (Å²) >= 11 is 8.81. The van der Waals surface area contributed by atoms with Gasteiger partial charge in [0.25, 0.3) is 0 Å². The molecule has 0 aromatic heterocycles. The number of hydrogen-bond donors (Lipinski definition) is 1. The molecule has 6 heteroatoms. The standard InChI is InChI=1S/C10H10BrClF3N/c1-6(12)5-16-9-3-2-7(4-8(9)11)10(13,14)15/h2-4,6,16H,5H2,1H3. The molecule has 0 aliphatic heterocycles. The van der Waals surface area contributed by atoms with Gasteiger partial charge in [-0.25, -0.2) is 0 Å². The summed E-state index contributed by atoms with van der Waals surface area (Å²) in [6.07, 6.45) is -4.32. The predicted octanol–water partition coefficient (Wildman–Crippen LogP) is 4.51. The minimum Gasteiger partial charge on any atom is -0.383 e. The summed E-state index contributed by atoms with van der Waals surface area (Å²) in [5.41, 5.74) is -0.0793. The fraction of sp³-hybridized carbons (Fsp3) is 0.400. The summed E-state index contributed by atoms with van der Waals surface area (Å²) in [5.74, 6) is 0. The third-order valence-electron chi connectivity index (χ3n) is 1.87. The van der Waals surface area contributed by atoms with Crippen molar-refractivity contribution in [3.63, 3.8) is 0 Å². The first-order valence-electron chi connectivity index (χ1n) is 4.55. The van der Waals surface area contributed by atoms with E-state index in [9.17, 15) is 13.2 Å². The van der Waals surface area contributed by atoms with Crippen LogP contribution in [-0.4, -0.2) is 11.9 Å². The molecule has 0 radical (unpaired) electrons. The van der Waals surface area contributed by atoms with Gasteiger partial charge in [-0.3, -0.25) is 0 Å². The summed E-state index contributed by atoms with van der Waals surface area (Å²) < 4.78 is 37.4. The van der Waals surface area contributed by atoms with E-state index < -0.39 is 11.7 Å². The number of benzene rings is 1. The highest BCUT2D eigenvalue weighted by Crippen LogP contribution is 2.33. The highest BCUT2D eigenvalue weighted by Gasteiger charge is 2.30. The van der Waals surface area contributed by atoms with Gasteiger partial charge in [-0.2, -0.15) is 13.2 Å². The molecule has 0 fully saturated rings. The van der Waals surface area contributed by atoms with Crippen molar-refractivity contribution in [1.82, 2.24) is 0 Å². The Bertz CT molecular complexity index is 366. The van der Waals surface area contributed by atoms with Gasteiger partial charge >= 0.3 is 6.18 Å². The van der Waals surface area contributed by atoms with Gasteiger partial charge in [0.15, 0.2) is 0 Å². The lowest BCUT2D eigenvalue weighted by Gasteiger charge is -2.12. The Balaban J connectivity index is 2.84. The van der Waals surface area contributed by atoms with E-state index in [0.29, 0.717) is 16.7 Å². The van der Waals surface area contributed by atoms with Gasteiger partial charge in [0.1, 0.15) is 0 Å². The van der Waals surface area contributed by atoms with Gasteiger partial charge in [0, 0.05) is 22.1 Å². The molecule has 1 atom stereocenters. The smallest absolute Gasteiger partial charge is 0.383 e. The van der Waals surface area contributed by atoms with Gasteiger partial charge in [-0.05, 0) is 41.1 Å². The molecule has 0 spiro atoms. The Labute approximate surface area is 105 Å². The van der Waals surface area contributed by atoms with E-state index in [2.05, 4.69) is 21.2 Å². The maximum Gasteiger partial charge on any atom is 0.416 e. The molecule has 0 aliphatic carbocycles. The first-order valence-corrected chi connectivity index (χ1v) is 5.78. The van der Waals surface area contributed by atoms with Crippen LogP contribution in [0.4, 0.5) is 18.9 Å². The summed E-state index contributed by atoms with van der Waals surface area (Å²) in [6, 6.07) is 3.46. The largest absolute Gasteiger partial charge is 0.416 e. The van der Waals surface area contributed by atoms with E-state index >= 15 is 0 Å². The molecule has 0 amide bonds. The molecule has 1 unspecified atom stereocenters. The molecule has 90 valence electrons. The third-order valence-corrected chi connectivity index (χ3v) is 2.68. The van der Waals surface area contributed by atoms with Crippen LogP contribution in [0.2, 0.25) is 0 Å². The van der Waals surface area contributed by atoms with Crippen LogP contribution in [0.1, 0.15) is 12.5 Å². The normalized spacial score (nSPS) is 13.6. The van der Waals surface area contributed by atoms with E-state index in [-0.39, 0.29) is 5.38 Å². The molecule has 1 N–H and O–H groups in total. The van der Waals surface area contributed by atoms with Gasteiger partial charge in [-0.15, -0.1) is 11.6 Å². The zero-order valence-corrected chi connectivity index (χ0v) is 10.7. The van der Waals surface area contributed by atoms with E-state index in [1.165, 1.54) is 6.07 Å². The SMILES string of the molecule is CC(Cl)CNc1ccc(C(F)(F)F)cc1Br. The molecule has 0 heterocycles. The maximum absolute atomic E-state index is 12.4. The molecule has 1 aromatic carbocycles. The van der Waals surface area contributed by atoms with Crippen LogP contribution in [0, 0.1) is 0 Å². The van der Waals surface area contributed by atoms with E-state index in [0.717, 1.165) is 12.1 Å². The highest BCUT2D eigenvalue weighted by molar-refractivity contribution is 9.10. The van der Waals surface area contributed by atoms with Crippen LogP contribution in [0.5, 0.6) is 0 Å². The lowest BCUT2D eigenvalue weighted by atomic mass is 10.2. The summed E-state index contributed by atoms with van der Waals surface area (Å²) in [7, 11) is 0. The molecule has 0 saturated heterocycles. The highest BCUT2D eigenvalue weighted by atomic mass is 79.9. The molecule has 1 nitrogen and oxygen atoms in total. The van der Waals surface area contributed by atoms with Crippen molar-refractivity contribution in [2.75, 3.05) is 11.9 Å². The van der Waals surface area contributed by atoms with Crippen LogP contribution >= 0.6 is 27.5 Å². The first kappa shape index (κ1) is 13.6. The van der Waals surface area contributed by atoms with Crippen molar-refractivity contribution < 1.29 is 13.2 Å². The Morgan fingerprint density at radius 3 is 2.50 bits per heavy atom. The van der Waals surface area contributed by atoms with Crippen LogP contribution in [0.15, 0.2) is 22.7 Å². The van der Waals surface area contributed by atoms with Crippen molar-refractivity contribution in [2.45, 2.75) is 18.5 Å². The minimum atomic E-state index is -4.32. The number of alkyl halides is 4. The first-order chi connectivity index (χ1) is 7.30.